The monoisotopic (exact) mass is 536 g/mol. The molecule has 2 heteroatoms. The summed E-state index contributed by atoms with van der Waals surface area (Å²) in [6, 6.07) is 60.9. The van der Waals surface area contributed by atoms with Gasteiger partial charge in [-0.2, -0.15) is 0 Å². The maximum atomic E-state index is 2.41. The van der Waals surface area contributed by atoms with Gasteiger partial charge in [-0.15, -0.1) is 0 Å². The lowest BCUT2D eigenvalue weighted by molar-refractivity contribution is 1.18. The molecule has 2 nitrogen and oxygen atoms in total. The van der Waals surface area contributed by atoms with Gasteiger partial charge in [0, 0.05) is 27.8 Å². The molecular formula is C40H28N2. The van der Waals surface area contributed by atoms with Crippen LogP contribution in [-0.4, -0.2) is 4.57 Å². The molecule has 198 valence electrons. The molecule has 0 amide bonds. The van der Waals surface area contributed by atoms with Crippen molar-refractivity contribution in [3.63, 3.8) is 0 Å². The van der Waals surface area contributed by atoms with Gasteiger partial charge in [0.25, 0.3) is 0 Å². The molecular weight excluding hydrogens is 508 g/mol. The molecule has 0 saturated heterocycles. The van der Waals surface area contributed by atoms with Crippen LogP contribution in [0.1, 0.15) is 0 Å². The van der Waals surface area contributed by atoms with Gasteiger partial charge in [0.1, 0.15) is 0 Å². The Balaban J connectivity index is 1.46. The van der Waals surface area contributed by atoms with Crippen LogP contribution >= 0.6 is 0 Å². The largest absolute Gasteiger partial charge is 0.310 e. The normalized spacial score (nSPS) is 11.3. The first-order chi connectivity index (χ1) is 20.8. The zero-order chi connectivity index (χ0) is 27.9. The Morgan fingerprint density at radius 3 is 1.76 bits per heavy atom. The van der Waals surface area contributed by atoms with Crippen molar-refractivity contribution in [1.29, 1.82) is 0 Å². The van der Waals surface area contributed by atoms with E-state index in [1.807, 2.05) is 0 Å². The summed E-state index contributed by atoms with van der Waals surface area (Å²) in [5.74, 6) is 0. The summed E-state index contributed by atoms with van der Waals surface area (Å²) in [7, 11) is 0. The Labute approximate surface area is 245 Å². The standard InChI is InChI=1S/C40H28N2/c1-4-14-29(15-5-1)30-18-12-23-35(26-30)41(33-19-6-2-7-20-33)37-24-13-25-38-40(37)36-27-31-16-10-11-17-32(31)28-39(36)42(38)34-21-8-3-9-22-34/h1-28H. The number of aromatic nitrogens is 1. The van der Waals surface area contributed by atoms with E-state index in [1.54, 1.807) is 0 Å². The highest BCUT2D eigenvalue weighted by Gasteiger charge is 2.21. The van der Waals surface area contributed by atoms with E-state index in [0.29, 0.717) is 0 Å². The van der Waals surface area contributed by atoms with Crippen molar-refractivity contribution in [3.8, 4) is 16.8 Å². The van der Waals surface area contributed by atoms with Crippen molar-refractivity contribution in [3.05, 3.63) is 170 Å². The lowest BCUT2D eigenvalue weighted by atomic mass is 10.0. The lowest BCUT2D eigenvalue weighted by Gasteiger charge is -2.27. The molecule has 0 aliphatic heterocycles. The molecule has 1 aromatic heterocycles. The molecule has 7 aromatic carbocycles. The van der Waals surface area contributed by atoms with Gasteiger partial charge in [0.2, 0.25) is 0 Å². The summed E-state index contributed by atoms with van der Waals surface area (Å²) in [4.78, 5) is 2.40. The van der Waals surface area contributed by atoms with Crippen molar-refractivity contribution in [2.75, 3.05) is 4.90 Å². The SMILES string of the molecule is c1ccc(-c2cccc(N(c3ccccc3)c3cccc4c3c3cc5ccccc5cc3n4-c3ccccc3)c2)cc1. The number of anilines is 3. The number of benzene rings is 7. The molecule has 8 aromatic rings. The predicted octanol–water partition coefficient (Wildman–Crippen LogP) is 11.1. The Bertz CT molecular complexity index is 2180. The summed E-state index contributed by atoms with van der Waals surface area (Å²) in [6.45, 7) is 0. The predicted molar refractivity (Wildman–Crippen MR) is 178 cm³/mol. The van der Waals surface area contributed by atoms with Crippen LogP contribution in [0.15, 0.2) is 170 Å². The molecule has 0 bridgehead atoms. The fourth-order valence-electron chi connectivity index (χ4n) is 6.23. The van der Waals surface area contributed by atoms with Crippen molar-refractivity contribution in [2.24, 2.45) is 0 Å². The van der Waals surface area contributed by atoms with E-state index in [2.05, 4.69) is 179 Å². The summed E-state index contributed by atoms with van der Waals surface area (Å²) in [5, 5.41) is 4.95. The Hall–Kier alpha value is -5.60. The topological polar surface area (TPSA) is 8.17 Å². The van der Waals surface area contributed by atoms with E-state index in [-0.39, 0.29) is 0 Å². The van der Waals surface area contributed by atoms with Crippen molar-refractivity contribution in [1.82, 2.24) is 4.57 Å². The average Bonchev–Trinajstić information content (AvgIpc) is 3.39. The molecule has 0 N–H and O–H groups in total. The molecule has 0 atom stereocenters. The first-order valence-electron chi connectivity index (χ1n) is 14.4. The van der Waals surface area contributed by atoms with Crippen LogP contribution in [0.3, 0.4) is 0 Å². The number of fused-ring (bicyclic) bond motifs is 4. The zero-order valence-corrected chi connectivity index (χ0v) is 23.1. The number of hydrogen-bond donors (Lipinski definition) is 0. The third-order valence-corrected chi connectivity index (χ3v) is 8.12. The van der Waals surface area contributed by atoms with E-state index in [9.17, 15) is 0 Å². The van der Waals surface area contributed by atoms with Crippen LogP contribution < -0.4 is 4.90 Å². The van der Waals surface area contributed by atoms with Gasteiger partial charge in [-0.1, -0.05) is 109 Å². The molecule has 1 heterocycles. The van der Waals surface area contributed by atoms with Gasteiger partial charge in [0.15, 0.2) is 0 Å². The van der Waals surface area contributed by atoms with Crippen LogP contribution in [0.25, 0.3) is 49.4 Å². The van der Waals surface area contributed by atoms with Crippen LogP contribution in [0.5, 0.6) is 0 Å². The summed E-state index contributed by atoms with van der Waals surface area (Å²) < 4.78 is 2.41. The maximum Gasteiger partial charge on any atom is 0.0562 e. The molecule has 42 heavy (non-hydrogen) atoms. The highest BCUT2D eigenvalue weighted by atomic mass is 15.1. The maximum absolute atomic E-state index is 2.41. The second kappa shape index (κ2) is 10.1. The van der Waals surface area contributed by atoms with Crippen molar-refractivity contribution in [2.45, 2.75) is 0 Å². The van der Waals surface area contributed by atoms with Crippen molar-refractivity contribution >= 4 is 49.6 Å². The first kappa shape index (κ1) is 24.2. The Morgan fingerprint density at radius 1 is 0.405 bits per heavy atom. The van der Waals surface area contributed by atoms with Gasteiger partial charge in [-0.25, -0.2) is 0 Å². The van der Waals surface area contributed by atoms with Gasteiger partial charge in [0.05, 0.1) is 16.7 Å². The van der Waals surface area contributed by atoms with Crippen LogP contribution in [0, 0.1) is 0 Å². The van der Waals surface area contributed by atoms with E-state index in [1.165, 1.54) is 43.7 Å². The van der Waals surface area contributed by atoms with E-state index < -0.39 is 0 Å². The van der Waals surface area contributed by atoms with E-state index in [0.717, 1.165) is 22.7 Å². The summed E-state index contributed by atoms with van der Waals surface area (Å²) >= 11 is 0. The second-order valence-corrected chi connectivity index (χ2v) is 10.6. The van der Waals surface area contributed by atoms with Gasteiger partial charge in [-0.3, -0.25) is 0 Å². The smallest absolute Gasteiger partial charge is 0.0562 e. The number of nitrogens with zero attached hydrogens (tertiary/aromatic N) is 2. The van der Waals surface area contributed by atoms with Crippen molar-refractivity contribution < 1.29 is 0 Å². The molecule has 0 saturated carbocycles. The molecule has 0 radical (unpaired) electrons. The van der Waals surface area contributed by atoms with Gasteiger partial charge >= 0.3 is 0 Å². The minimum Gasteiger partial charge on any atom is -0.310 e. The number of rotatable bonds is 5. The lowest BCUT2D eigenvalue weighted by Crippen LogP contribution is -2.10. The zero-order valence-electron chi connectivity index (χ0n) is 23.1. The highest BCUT2D eigenvalue weighted by Crippen LogP contribution is 2.45. The van der Waals surface area contributed by atoms with Crippen LogP contribution in [0.2, 0.25) is 0 Å². The third-order valence-electron chi connectivity index (χ3n) is 8.12. The number of para-hydroxylation sites is 2. The Morgan fingerprint density at radius 2 is 1.00 bits per heavy atom. The minimum atomic E-state index is 1.12. The summed E-state index contributed by atoms with van der Waals surface area (Å²) in [5.41, 5.74) is 9.34. The Kier molecular flexibility index (Phi) is 5.82. The molecule has 0 aliphatic rings. The van der Waals surface area contributed by atoms with Gasteiger partial charge < -0.3 is 9.47 Å². The van der Waals surface area contributed by atoms with E-state index >= 15 is 0 Å². The van der Waals surface area contributed by atoms with E-state index in [4.69, 9.17) is 0 Å². The fourth-order valence-corrected chi connectivity index (χ4v) is 6.23. The fraction of sp³-hybridized carbons (Fsp3) is 0. The highest BCUT2D eigenvalue weighted by molar-refractivity contribution is 6.19. The molecule has 0 fully saturated rings. The van der Waals surface area contributed by atoms with Crippen LogP contribution in [-0.2, 0) is 0 Å². The minimum absolute atomic E-state index is 1.12. The summed E-state index contributed by atoms with van der Waals surface area (Å²) in [6.07, 6.45) is 0. The molecule has 0 unspecified atom stereocenters. The first-order valence-corrected chi connectivity index (χ1v) is 14.4. The molecule has 0 spiro atoms. The molecule has 8 rings (SSSR count). The average molecular weight is 537 g/mol. The second-order valence-electron chi connectivity index (χ2n) is 10.6. The third kappa shape index (κ3) is 4.05. The van der Waals surface area contributed by atoms with Gasteiger partial charge in [-0.05, 0) is 82.6 Å². The number of hydrogen-bond acceptors (Lipinski definition) is 1. The quantitative estimate of drug-likeness (QED) is 0.212. The molecule has 0 aliphatic carbocycles. The van der Waals surface area contributed by atoms with Crippen LogP contribution in [0.4, 0.5) is 17.1 Å².